The van der Waals surface area contributed by atoms with Crippen LogP contribution in [0.4, 0.5) is 4.79 Å². The zero-order valence-corrected chi connectivity index (χ0v) is 18.4. The van der Waals surface area contributed by atoms with E-state index in [9.17, 15) is 9.59 Å². The summed E-state index contributed by atoms with van der Waals surface area (Å²) in [5.74, 6) is 0.528. The van der Waals surface area contributed by atoms with Crippen LogP contribution in [0, 0.1) is 0 Å². The van der Waals surface area contributed by atoms with Crippen molar-refractivity contribution >= 4 is 23.6 Å². The molecule has 8 heteroatoms. The Hall–Kier alpha value is -3.19. The number of halogens is 1. The van der Waals surface area contributed by atoms with Gasteiger partial charge in [0.1, 0.15) is 6.61 Å². The van der Waals surface area contributed by atoms with Crippen LogP contribution in [-0.2, 0) is 16.1 Å². The van der Waals surface area contributed by atoms with Crippen LogP contribution < -0.4 is 20.1 Å². The fraction of sp³-hybridized carbons (Fsp3) is 0.304. The lowest BCUT2D eigenvalue weighted by Gasteiger charge is -2.29. The second kappa shape index (κ2) is 10.2. The Kier molecular flexibility index (Phi) is 7.41. The van der Waals surface area contributed by atoms with E-state index in [2.05, 4.69) is 10.6 Å². The number of methoxy groups -OCH3 is 2. The van der Waals surface area contributed by atoms with Crippen molar-refractivity contribution in [2.45, 2.75) is 32.4 Å². The summed E-state index contributed by atoms with van der Waals surface area (Å²) in [6.45, 7) is 2.28. The van der Waals surface area contributed by atoms with Gasteiger partial charge in [0.25, 0.3) is 0 Å². The van der Waals surface area contributed by atoms with Gasteiger partial charge >= 0.3 is 12.0 Å². The van der Waals surface area contributed by atoms with Crippen LogP contribution in [-0.4, -0.2) is 26.2 Å². The highest BCUT2D eigenvalue weighted by atomic mass is 35.5. The molecule has 2 N–H and O–H groups in total. The molecule has 0 aliphatic carbocycles. The largest absolute Gasteiger partial charge is 0.493 e. The van der Waals surface area contributed by atoms with Crippen LogP contribution >= 0.6 is 11.6 Å². The topological polar surface area (TPSA) is 85.9 Å². The molecular weight excluding hydrogens is 420 g/mol. The first-order chi connectivity index (χ1) is 15.0. The van der Waals surface area contributed by atoms with E-state index in [-0.39, 0.29) is 6.03 Å². The van der Waals surface area contributed by atoms with Gasteiger partial charge in [-0.2, -0.15) is 0 Å². The maximum absolute atomic E-state index is 12.6. The summed E-state index contributed by atoms with van der Waals surface area (Å²) < 4.78 is 16.4. The number of nitrogens with one attached hydrogen (secondary N) is 2. The van der Waals surface area contributed by atoms with E-state index in [1.54, 1.807) is 37.4 Å². The minimum atomic E-state index is -0.675. The average molecular weight is 445 g/mol. The molecule has 1 unspecified atom stereocenters. The summed E-state index contributed by atoms with van der Waals surface area (Å²) in [6.07, 6.45) is 1.31. The Labute approximate surface area is 186 Å². The summed E-state index contributed by atoms with van der Waals surface area (Å²) in [5.41, 5.74) is 2.54. The van der Waals surface area contributed by atoms with Crippen LogP contribution in [0.1, 0.15) is 36.9 Å². The lowest BCUT2D eigenvalue weighted by atomic mass is 9.93. The summed E-state index contributed by atoms with van der Waals surface area (Å²) in [7, 11) is 2.87. The first-order valence-corrected chi connectivity index (χ1v) is 10.3. The Balaban J connectivity index is 1.95. The number of carbonyl (C=O) groups excluding carboxylic acids is 2. The van der Waals surface area contributed by atoms with E-state index < -0.39 is 12.0 Å². The predicted molar refractivity (Wildman–Crippen MR) is 117 cm³/mol. The van der Waals surface area contributed by atoms with Gasteiger partial charge in [0.2, 0.25) is 0 Å². The number of hydrogen-bond donors (Lipinski definition) is 2. The minimum absolute atomic E-state index is 0.302. The van der Waals surface area contributed by atoms with Gasteiger partial charge < -0.3 is 24.8 Å². The van der Waals surface area contributed by atoms with E-state index in [4.69, 9.17) is 25.8 Å². The fourth-order valence-electron chi connectivity index (χ4n) is 3.39. The maximum atomic E-state index is 12.6. The number of esters is 1. The van der Waals surface area contributed by atoms with Crippen molar-refractivity contribution < 1.29 is 23.8 Å². The van der Waals surface area contributed by atoms with Crippen molar-refractivity contribution in [3.05, 3.63) is 69.9 Å². The van der Waals surface area contributed by atoms with E-state index in [0.717, 1.165) is 12.0 Å². The van der Waals surface area contributed by atoms with E-state index >= 15 is 0 Å². The number of urea groups is 1. The second-order valence-electron chi connectivity index (χ2n) is 6.99. The first-order valence-electron chi connectivity index (χ1n) is 9.90. The number of ether oxygens (including phenoxy) is 3. The summed E-state index contributed by atoms with van der Waals surface area (Å²) in [5, 5.41) is 6.19. The molecule has 7 nitrogen and oxygen atoms in total. The first kappa shape index (κ1) is 22.5. The van der Waals surface area contributed by atoms with Gasteiger partial charge in [0, 0.05) is 10.7 Å². The monoisotopic (exact) mass is 444 g/mol. The highest BCUT2D eigenvalue weighted by molar-refractivity contribution is 6.30. The molecule has 0 bridgehead atoms. The summed E-state index contributed by atoms with van der Waals surface area (Å²) >= 11 is 5.94. The lowest BCUT2D eigenvalue weighted by molar-refractivity contribution is -0.136. The molecule has 1 heterocycles. The molecule has 2 amide bonds. The molecule has 0 radical (unpaired) electrons. The molecule has 1 aliphatic rings. The Bertz CT molecular complexity index is 988. The number of hydrogen-bond acceptors (Lipinski definition) is 5. The van der Waals surface area contributed by atoms with Crippen LogP contribution in [0.15, 0.2) is 53.7 Å². The molecule has 0 spiro atoms. The number of rotatable bonds is 8. The normalized spacial score (nSPS) is 15.7. The second-order valence-corrected chi connectivity index (χ2v) is 7.43. The predicted octanol–water partition coefficient (Wildman–Crippen LogP) is 4.51. The van der Waals surface area contributed by atoms with Gasteiger partial charge in [-0.15, -0.1) is 0 Å². The highest BCUT2D eigenvalue weighted by Gasteiger charge is 2.33. The van der Waals surface area contributed by atoms with Crippen molar-refractivity contribution in [1.82, 2.24) is 10.6 Å². The molecule has 2 aromatic carbocycles. The third-order valence-corrected chi connectivity index (χ3v) is 5.14. The van der Waals surface area contributed by atoms with E-state index in [1.807, 2.05) is 19.1 Å². The SMILES string of the molecule is CCCC1=C(C(=O)OC)C(c2ccc(OC)c(OCc3ccc(Cl)cc3)c2)NC(=O)N1. The smallest absolute Gasteiger partial charge is 0.337 e. The lowest BCUT2D eigenvalue weighted by Crippen LogP contribution is -2.45. The van der Waals surface area contributed by atoms with Gasteiger partial charge in [0.05, 0.1) is 25.8 Å². The van der Waals surface area contributed by atoms with Crippen LogP contribution in [0.3, 0.4) is 0 Å². The molecule has 31 heavy (non-hydrogen) atoms. The standard InChI is InChI=1S/C23H25ClN2O5/c1-4-5-17-20(22(27)30-3)21(26-23(28)25-17)15-8-11-18(29-2)19(12-15)31-13-14-6-9-16(24)10-7-14/h6-12,21H,4-5,13H2,1-3H3,(H2,25,26,28). The van der Waals surface area contributed by atoms with Gasteiger partial charge in [-0.25, -0.2) is 9.59 Å². The van der Waals surface area contributed by atoms with Gasteiger partial charge in [0.15, 0.2) is 11.5 Å². The van der Waals surface area contributed by atoms with Crippen molar-refractivity contribution in [3.8, 4) is 11.5 Å². The van der Waals surface area contributed by atoms with Gasteiger partial charge in [-0.1, -0.05) is 43.1 Å². The molecule has 3 rings (SSSR count). The van der Waals surface area contributed by atoms with Gasteiger partial charge in [-0.3, -0.25) is 0 Å². The molecule has 1 atom stereocenters. The quantitative estimate of drug-likeness (QED) is 0.585. The number of carbonyl (C=O) groups is 2. The molecule has 0 saturated heterocycles. The zero-order valence-electron chi connectivity index (χ0n) is 17.7. The zero-order chi connectivity index (χ0) is 22.4. The van der Waals surface area contributed by atoms with Crippen molar-refractivity contribution in [3.63, 3.8) is 0 Å². The molecule has 2 aromatic rings. The fourth-order valence-corrected chi connectivity index (χ4v) is 3.52. The van der Waals surface area contributed by atoms with Crippen LogP contribution in [0.25, 0.3) is 0 Å². The number of allylic oxidation sites excluding steroid dienone is 1. The Morgan fingerprint density at radius 1 is 1.10 bits per heavy atom. The summed E-state index contributed by atoms with van der Waals surface area (Å²) in [4.78, 5) is 24.8. The molecular formula is C23H25ClN2O5. The van der Waals surface area contributed by atoms with Crippen molar-refractivity contribution in [1.29, 1.82) is 0 Å². The number of benzene rings is 2. The Morgan fingerprint density at radius 2 is 1.84 bits per heavy atom. The number of amides is 2. The average Bonchev–Trinajstić information content (AvgIpc) is 2.78. The Morgan fingerprint density at radius 3 is 2.48 bits per heavy atom. The van der Waals surface area contributed by atoms with E-state index in [1.165, 1.54) is 7.11 Å². The molecule has 164 valence electrons. The van der Waals surface area contributed by atoms with Crippen molar-refractivity contribution in [2.75, 3.05) is 14.2 Å². The third kappa shape index (κ3) is 5.30. The molecule has 0 fully saturated rings. The molecule has 0 saturated carbocycles. The third-order valence-electron chi connectivity index (χ3n) is 4.89. The van der Waals surface area contributed by atoms with Crippen LogP contribution in [0.5, 0.6) is 11.5 Å². The summed E-state index contributed by atoms with van der Waals surface area (Å²) in [6, 6.07) is 11.6. The van der Waals surface area contributed by atoms with Crippen molar-refractivity contribution in [2.24, 2.45) is 0 Å². The minimum Gasteiger partial charge on any atom is -0.493 e. The van der Waals surface area contributed by atoms with Crippen LogP contribution in [0.2, 0.25) is 5.02 Å². The molecule has 0 aromatic heterocycles. The maximum Gasteiger partial charge on any atom is 0.337 e. The molecule has 1 aliphatic heterocycles. The van der Waals surface area contributed by atoms with Gasteiger partial charge in [-0.05, 0) is 41.8 Å². The highest BCUT2D eigenvalue weighted by Crippen LogP contribution is 2.35. The van der Waals surface area contributed by atoms with E-state index in [0.29, 0.717) is 46.4 Å².